The van der Waals surface area contributed by atoms with Crippen LogP contribution in [0.4, 0.5) is 4.79 Å². The van der Waals surface area contributed by atoms with Crippen LogP contribution in [0.3, 0.4) is 0 Å². The molecule has 0 unspecified atom stereocenters. The lowest BCUT2D eigenvalue weighted by atomic mass is 9.98. The summed E-state index contributed by atoms with van der Waals surface area (Å²) in [7, 11) is 0. The topological polar surface area (TPSA) is 84.6 Å². The SMILES string of the molecule is NCCC[C@@H](CO)NC(=O)OCC1c2ccccc2-c2ccccc21. The van der Waals surface area contributed by atoms with Gasteiger partial charge in [-0.1, -0.05) is 48.5 Å². The summed E-state index contributed by atoms with van der Waals surface area (Å²) in [5.74, 6) is 0.0368. The van der Waals surface area contributed by atoms with E-state index in [-0.39, 0.29) is 25.2 Å². The van der Waals surface area contributed by atoms with Crippen LogP contribution in [0.25, 0.3) is 11.1 Å². The second-order valence-electron chi connectivity index (χ2n) is 6.28. The minimum Gasteiger partial charge on any atom is -0.449 e. The number of rotatable bonds is 7. The van der Waals surface area contributed by atoms with Crippen molar-refractivity contribution in [2.75, 3.05) is 19.8 Å². The summed E-state index contributed by atoms with van der Waals surface area (Å²) in [4.78, 5) is 12.1. The summed E-state index contributed by atoms with van der Waals surface area (Å²) >= 11 is 0. The standard InChI is InChI=1S/C20H24N2O3/c21-11-5-6-14(12-23)22-20(24)25-13-19-17-9-3-1-7-15(17)16-8-2-4-10-18(16)19/h1-4,7-10,14,19,23H,5-6,11-13,21H2,(H,22,24)/t14-/m0/s1. The van der Waals surface area contributed by atoms with E-state index < -0.39 is 6.09 Å². The zero-order chi connectivity index (χ0) is 17.6. The molecule has 1 aliphatic carbocycles. The zero-order valence-corrected chi connectivity index (χ0v) is 14.2. The molecule has 0 aromatic heterocycles. The molecule has 1 atom stereocenters. The van der Waals surface area contributed by atoms with Crippen LogP contribution in [0.15, 0.2) is 48.5 Å². The van der Waals surface area contributed by atoms with Crippen LogP contribution in [0.1, 0.15) is 29.9 Å². The van der Waals surface area contributed by atoms with E-state index in [9.17, 15) is 9.90 Å². The van der Waals surface area contributed by atoms with E-state index in [1.54, 1.807) is 0 Å². The van der Waals surface area contributed by atoms with E-state index in [1.165, 1.54) is 22.3 Å². The molecule has 3 rings (SSSR count). The lowest BCUT2D eigenvalue weighted by Crippen LogP contribution is -2.38. The fourth-order valence-corrected chi connectivity index (χ4v) is 3.38. The van der Waals surface area contributed by atoms with Gasteiger partial charge in [0.25, 0.3) is 0 Å². The molecule has 0 radical (unpaired) electrons. The maximum absolute atomic E-state index is 12.1. The number of ether oxygens (including phenoxy) is 1. The Hall–Kier alpha value is -2.37. The van der Waals surface area contributed by atoms with E-state index in [1.807, 2.05) is 24.3 Å². The Morgan fingerprint density at radius 2 is 1.72 bits per heavy atom. The van der Waals surface area contributed by atoms with E-state index in [0.29, 0.717) is 13.0 Å². The predicted octanol–water partition coefficient (Wildman–Crippen LogP) is 2.62. The second-order valence-corrected chi connectivity index (χ2v) is 6.28. The van der Waals surface area contributed by atoms with Gasteiger partial charge in [0, 0.05) is 5.92 Å². The van der Waals surface area contributed by atoms with Crippen molar-refractivity contribution >= 4 is 6.09 Å². The number of alkyl carbamates (subject to hydrolysis) is 1. The summed E-state index contributed by atoms with van der Waals surface area (Å²) < 4.78 is 5.46. The molecule has 0 aliphatic heterocycles. The fourth-order valence-electron chi connectivity index (χ4n) is 3.38. The highest BCUT2D eigenvalue weighted by atomic mass is 16.5. The molecule has 1 amide bonds. The summed E-state index contributed by atoms with van der Waals surface area (Å²) in [5, 5.41) is 12.0. The van der Waals surface area contributed by atoms with Crippen LogP contribution < -0.4 is 11.1 Å². The van der Waals surface area contributed by atoms with Crippen molar-refractivity contribution in [2.24, 2.45) is 5.73 Å². The molecule has 0 bridgehead atoms. The van der Waals surface area contributed by atoms with Crippen molar-refractivity contribution in [3.8, 4) is 11.1 Å². The van der Waals surface area contributed by atoms with Gasteiger partial charge in [0.05, 0.1) is 12.6 Å². The van der Waals surface area contributed by atoms with Gasteiger partial charge in [-0.05, 0) is 41.6 Å². The van der Waals surface area contributed by atoms with Crippen molar-refractivity contribution in [1.29, 1.82) is 0 Å². The van der Waals surface area contributed by atoms with Gasteiger partial charge in [-0.3, -0.25) is 0 Å². The highest BCUT2D eigenvalue weighted by molar-refractivity contribution is 5.79. The Bertz CT molecular complexity index is 687. The number of fused-ring (bicyclic) bond motifs is 3. The molecule has 1 aliphatic rings. The molecule has 0 saturated heterocycles. The molecule has 5 heteroatoms. The van der Waals surface area contributed by atoms with Gasteiger partial charge in [-0.2, -0.15) is 0 Å². The summed E-state index contributed by atoms with van der Waals surface area (Å²) in [6.45, 7) is 0.683. The third-order valence-corrected chi connectivity index (χ3v) is 4.64. The van der Waals surface area contributed by atoms with Gasteiger partial charge in [-0.25, -0.2) is 4.79 Å². The van der Waals surface area contributed by atoms with Crippen LogP contribution in [0.2, 0.25) is 0 Å². The molecule has 2 aromatic carbocycles. The molecule has 0 heterocycles. The Labute approximate surface area is 147 Å². The summed E-state index contributed by atoms with van der Waals surface area (Å²) in [5.41, 5.74) is 10.2. The van der Waals surface area contributed by atoms with Gasteiger partial charge in [-0.15, -0.1) is 0 Å². The largest absolute Gasteiger partial charge is 0.449 e. The maximum atomic E-state index is 12.1. The molecule has 4 N–H and O–H groups in total. The third-order valence-electron chi connectivity index (χ3n) is 4.64. The van der Waals surface area contributed by atoms with Gasteiger partial charge < -0.3 is 20.9 Å². The van der Waals surface area contributed by atoms with Gasteiger partial charge >= 0.3 is 6.09 Å². The highest BCUT2D eigenvalue weighted by Gasteiger charge is 2.29. The molecule has 5 nitrogen and oxygen atoms in total. The Morgan fingerprint density at radius 1 is 1.12 bits per heavy atom. The maximum Gasteiger partial charge on any atom is 0.407 e. The van der Waals surface area contributed by atoms with Gasteiger partial charge in [0.1, 0.15) is 6.61 Å². The van der Waals surface area contributed by atoms with Crippen LogP contribution in [-0.2, 0) is 4.74 Å². The minimum atomic E-state index is -0.502. The smallest absolute Gasteiger partial charge is 0.407 e. The van der Waals surface area contributed by atoms with Gasteiger partial charge in [0.15, 0.2) is 0 Å². The van der Waals surface area contributed by atoms with Crippen molar-refractivity contribution in [2.45, 2.75) is 24.8 Å². The molecular weight excluding hydrogens is 316 g/mol. The number of benzene rings is 2. The lowest BCUT2D eigenvalue weighted by molar-refractivity contribution is 0.131. The van der Waals surface area contributed by atoms with E-state index >= 15 is 0 Å². The van der Waals surface area contributed by atoms with Crippen LogP contribution in [0, 0.1) is 0 Å². The average molecular weight is 340 g/mol. The number of hydrogen-bond donors (Lipinski definition) is 3. The van der Waals surface area contributed by atoms with Crippen molar-refractivity contribution in [3.63, 3.8) is 0 Å². The highest BCUT2D eigenvalue weighted by Crippen LogP contribution is 2.44. The summed E-state index contributed by atoms with van der Waals surface area (Å²) in [6, 6.07) is 16.1. The van der Waals surface area contributed by atoms with Crippen molar-refractivity contribution in [1.82, 2.24) is 5.32 Å². The Kier molecular flexibility index (Phi) is 5.68. The van der Waals surface area contributed by atoms with E-state index in [2.05, 4.69) is 29.6 Å². The van der Waals surface area contributed by atoms with Crippen LogP contribution >= 0.6 is 0 Å². The van der Waals surface area contributed by atoms with E-state index in [4.69, 9.17) is 10.5 Å². The monoisotopic (exact) mass is 340 g/mol. The number of hydrogen-bond acceptors (Lipinski definition) is 4. The third kappa shape index (κ3) is 3.83. The second kappa shape index (κ2) is 8.14. The lowest BCUT2D eigenvalue weighted by Gasteiger charge is -2.18. The van der Waals surface area contributed by atoms with Crippen molar-refractivity contribution in [3.05, 3.63) is 59.7 Å². The Morgan fingerprint density at radius 3 is 2.28 bits per heavy atom. The number of aliphatic hydroxyl groups excluding tert-OH is 1. The minimum absolute atomic E-state index is 0.0368. The normalized spacial score (nSPS) is 13.8. The van der Waals surface area contributed by atoms with Gasteiger partial charge in [0.2, 0.25) is 0 Å². The number of aliphatic hydroxyl groups is 1. The molecule has 0 saturated carbocycles. The first kappa shape index (κ1) is 17.5. The number of nitrogens with two attached hydrogens (primary N) is 1. The molecule has 0 spiro atoms. The van der Waals surface area contributed by atoms with Crippen molar-refractivity contribution < 1.29 is 14.6 Å². The molecule has 25 heavy (non-hydrogen) atoms. The molecule has 0 fully saturated rings. The first-order chi connectivity index (χ1) is 12.2. The molecule has 132 valence electrons. The Balaban J connectivity index is 1.66. The summed E-state index contributed by atoms with van der Waals surface area (Å²) in [6.07, 6.45) is 0.879. The number of carbonyl (C=O) groups is 1. The number of carbonyl (C=O) groups excluding carboxylic acids is 1. The van der Waals surface area contributed by atoms with E-state index in [0.717, 1.165) is 6.42 Å². The predicted molar refractivity (Wildman–Crippen MR) is 97.4 cm³/mol. The molecular formula is C20H24N2O3. The first-order valence-electron chi connectivity index (χ1n) is 8.67. The molecule has 2 aromatic rings. The fraction of sp³-hybridized carbons (Fsp3) is 0.350. The quantitative estimate of drug-likeness (QED) is 0.723. The van der Waals surface area contributed by atoms with Crippen LogP contribution in [0.5, 0.6) is 0 Å². The average Bonchev–Trinajstić information content (AvgIpc) is 2.97. The van der Waals surface area contributed by atoms with Crippen LogP contribution in [-0.4, -0.2) is 37.0 Å². The number of nitrogens with one attached hydrogen (secondary N) is 1. The zero-order valence-electron chi connectivity index (χ0n) is 14.2. The number of amides is 1. The first-order valence-corrected chi connectivity index (χ1v) is 8.67.